The van der Waals surface area contributed by atoms with E-state index in [0.29, 0.717) is 0 Å². The van der Waals surface area contributed by atoms with Crippen LogP contribution >= 0.6 is 0 Å². The highest BCUT2D eigenvalue weighted by Gasteiger charge is 2.32. The molecule has 1 saturated heterocycles. The van der Waals surface area contributed by atoms with Gasteiger partial charge in [-0.2, -0.15) is 0 Å². The standard InChI is InChI=1S/C8H15NO3/c1-5(9)6-3-4-7(12-6)8(10)11-2/h5-7H,3-4,9H2,1-2H3/t5-,6-,7-/m1/s1. The van der Waals surface area contributed by atoms with Crippen LogP contribution in [0.25, 0.3) is 0 Å². The van der Waals surface area contributed by atoms with E-state index in [0.717, 1.165) is 12.8 Å². The monoisotopic (exact) mass is 173 g/mol. The number of hydrogen-bond donors (Lipinski definition) is 1. The molecule has 1 aliphatic heterocycles. The van der Waals surface area contributed by atoms with E-state index in [1.165, 1.54) is 7.11 Å². The third-order valence-corrected chi connectivity index (χ3v) is 2.10. The molecule has 0 aromatic heterocycles. The van der Waals surface area contributed by atoms with Crippen LogP contribution in [-0.4, -0.2) is 31.3 Å². The van der Waals surface area contributed by atoms with Crippen molar-refractivity contribution in [3.63, 3.8) is 0 Å². The second-order valence-corrected chi connectivity index (χ2v) is 3.12. The second-order valence-electron chi connectivity index (χ2n) is 3.12. The first-order valence-corrected chi connectivity index (χ1v) is 4.14. The van der Waals surface area contributed by atoms with Gasteiger partial charge in [0, 0.05) is 6.04 Å². The van der Waals surface area contributed by atoms with Crippen molar-refractivity contribution in [1.29, 1.82) is 0 Å². The van der Waals surface area contributed by atoms with E-state index < -0.39 is 6.10 Å². The third kappa shape index (κ3) is 1.95. The molecule has 0 radical (unpaired) electrons. The molecule has 0 spiro atoms. The molecule has 12 heavy (non-hydrogen) atoms. The SMILES string of the molecule is COC(=O)[C@H]1CC[C@H]([C@@H](C)N)O1. The zero-order valence-electron chi connectivity index (χ0n) is 7.45. The van der Waals surface area contributed by atoms with Gasteiger partial charge in [0.1, 0.15) is 0 Å². The zero-order valence-corrected chi connectivity index (χ0v) is 7.45. The lowest BCUT2D eigenvalue weighted by atomic mass is 10.1. The highest BCUT2D eigenvalue weighted by Crippen LogP contribution is 2.21. The van der Waals surface area contributed by atoms with Crippen molar-refractivity contribution in [2.45, 2.75) is 38.0 Å². The molecule has 0 aliphatic carbocycles. The van der Waals surface area contributed by atoms with Gasteiger partial charge in [-0.3, -0.25) is 0 Å². The normalized spacial score (nSPS) is 31.6. The first-order valence-electron chi connectivity index (χ1n) is 4.14. The fraction of sp³-hybridized carbons (Fsp3) is 0.875. The maximum Gasteiger partial charge on any atom is 0.334 e. The minimum Gasteiger partial charge on any atom is -0.467 e. The number of rotatable bonds is 2. The summed E-state index contributed by atoms with van der Waals surface area (Å²) in [4.78, 5) is 11.0. The summed E-state index contributed by atoms with van der Waals surface area (Å²) in [6.45, 7) is 1.88. The van der Waals surface area contributed by atoms with E-state index >= 15 is 0 Å². The molecule has 1 heterocycles. The van der Waals surface area contributed by atoms with Crippen LogP contribution in [0.3, 0.4) is 0 Å². The smallest absolute Gasteiger partial charge is 0.334 e. The number of hydrogen-bond acceptors (Lipinski definition) is 4. The van der Waals surface area contributed by atoms with Gasteiger partial charge in [0.05, 0.1) is 13.2 Å². The van der Waals surface area contributed by atoms with Crippen molar-refractivity contribution >= 4 is 5.97 Å². The van der Waals surface area contributed by atoms with Gasteiger partial charge in [0.2, 0.25) is 0 Å². The largest absolute Gasteiger partial charge is 0.467 e. The van der Waals surface area contributed by atoms with E-state index in [1.807, 2.05) is 6.92 Å². The van der Waals surface area contributed by atoms with Crippen LogP contribution in [0.2, 0.25) is 0 Å². The van der Waals surface area contributed by atoms with Gasteiger partial charge < -0.3 is 15.2 Å². The van der Waals surface area contributed by atoms with Crippen LogP contribution < -0.4 is 5.73 Å². The van der Waals surface area contributed by atoms with Crippen molar-refractivity contribution in [3.05, 3.63) is 0 Å². The molecule has 70 valence electrons. The van der Waals surface area contributed by atoms with Gasteiger partial charge in [0.15, 0.2) is 6.10 Å². The summed E-state index contributed by atoms with van der Waals surface area (Å²) in [6.07, 6.45) is 1.18. The fourth-order valence-electron chi connectivity index (χ4n) is 1.35. The summed E-state index contributed by atoms with van der Waals surface area (Å²) in [5.41, 5.74) is 5.62. The summed E-state index contributed by atoms with van der Waals surface area (Å²) >= 11 is 0. The van der Waals surface area contributed by atoms with E-state index in [4.69, 9.17) is 10.5 Å². The molecule has 1 fully saturated rings. The maximum absolute atomic E-state index is 11.0. The van der Waals surface area contributed by atoms with Crippen LogP contribution in [0.1, 0.15) is 19.8 Å². The van der Waals surface area contributed by atoms with Gasteiger partial charge in [-0.25, -0.2) is 4.79 Å². The molecule has 4 heteroatoms. The Morgan fingerprint density at radius 2 is 2.33 bits per heavy atom. The maximum atomic E-state index is 11.0. The highest BCUT2D eigenvalue weighted by molar-refractivity contribution is 5.74. The number of nitrogens with two attached hydrogens (primary N) is 1. The summed E-state index contributed by atoms with van der Waals surface area (Å²) in [7, 11) is 1.37. The summed E-state index contributed by atoms with van der Waals surface area (Å²) in [6, 6.07) is -0.0142. The first-order chi connectivity index (χ1) is 5.65. The third-order valence-electron chi connectivity index (χ3n) is 2.10. The topological polar surface area (TPSA) is 61.5 Å². The number of methoxy groups -OCH3 is 1. The van der Waals surface area contributed by atoms with Crippen LogP contribution in [0.15, 0.2) is 0 Å². The molecule has 0 aromatic carbocycles. The Bertz CT molecular complexity index is 170. The van der Waals surface area contributed by atoms with Crippen molar-refractivity contribution in [1.82, 2.24) is 0 Å². The Kier molecular flexibility index (Phi) is 3.05. The summed E-state index contributed by atoms with van der Waals surface area (Å²) in [5, 5.41) is 0. The van der Waals surface area contributed by atoms with Gasteiger partial charge in [-0.1, -0.05) is 0 Å². The molecular formula is C8H15NO3. The molecule has 1 rings (SSSR count). The Hall–Kier alpha value is -0.610. The Labute approximate surface area is 72.0 Å². The highest BCUT2D eigenvalue weighted by atomic mass is 16.6. The lowest BCUT2D eigenvalue weighted by Gasteiger charge is -2.14. The quantitative estimate of drug-likeness (QED) is 0.599. The molecule has 0 amide bonds. The minimum absolute atomic E-state index is 0.00843. The lowest BCUT2D eigenvalue weighted by molar-refractivity contribution is -0.153. The molecule has 2 N–H and O–H groups in total. The average Bonchev–Trinajstić information content (AvgIpc) is 2.51. The number of carbonyl (C=O) groups is 1. The van der Waals surface area contributed by atoms with E-state index in [2.05, 4.69) is 4.74 Å². The number of esters is 1. The van der Waals surface area contributed by atoms with Crippen molar-refractivity contribution < 1.29 is 14.3 Å². The predicted molar refractivity (Wildman–Crippen MR) is 43.6 cm³/mol. The van der Waals surface area contributed by atoms with Gasteiger partial charge in [0.25, 0.3) is 0 Å². The minimum atomic E-state index is -0.397. The predicted octanol–water partition coefficient (Wildman–Crippen LogP) is 0.0542. The van der Waals surface area contributed by atoms with E-state index in [-0.39, 0.29) is 18.1 Å². The van der Waals surface area contributed by atoms with Crippen molar-refractivity contribution in [2.24, 2.45) is 5.73 Å². The van der Waals surface area contributed by atoms with Gasteiger partial charge in [-0.15, -0.1) is 0 Å². The molecule has 3 atom stereocenters. The molecule has 0 aromatic rings. The van der Waals surface area contributed by atoms with Crippen LogP contribution in [-0.2, 0) is 14.3 Å². The summed E-state index contributed by atoms with van der Waals surface area (Å²) in [5.74, 6) is -0.293. The van der Waals surface area contributed by atoms with Gasteiger partial charge in [-0.05, 0) is 19.8 Å². The second kappa shape index (κ2) is 3.87. The molecular weight excluding hydrogens is 158 g/mol. The van der Waals surface area contributed by atoms with Crippen molar-refractivity contribution in [2.75, 3.05) is 7.11 Å². The number of ether oxygens (including phenoxy) is 2. The molecule has 4 nitrogen and oxygen atoms in total. The Morgan fingerprint density at radius 1 is 1.67 bits per heavy atom. The van der Waals surface area contributed by atoms with Crippen molar-refractivity contribution in [3.8, 4) is 0 Å². The first kappa shape index (κ1) is 9.48. The molecule has 0 bridgehead atoms. The Balaban J connectivity index is 2.40. The molecule has 0 unspecified atom stereocenters. The fourth-order valence-corrected chi connectivity index (χ4v) is 1.35. The van der Waals surface area contributed by atoms with Crippen LogP contribution in [0.5, 0.6) is 0 Å². The molecule has 1 aliphatic rings. The van der Waals surface area contributed by atoms with Crippen LogP contribution in [0, 0.1) is 0 Å². The summed E-state index contributed by atoms with van der Waals surface area (Å²) < 4.78 is 9.93. The van der Waals surface area contributed by atoms with Gasteiger partial charge >= 0.3 is 5.97 Å². The van der Waals surface area contributed by atoms with E-state index in [9.17, 15) is 4.79 Å². The van der Waals surface area contributed by atoms with E-state index in [1.54, 1.807) is 0 Å². The zero-order chi connectivity index (χ0) is 9.14. The Morgan fingerprint density at radius 3 is 2.75 bits per heavy atom. The number of carbonyl (C=O) groups excluding carboxylic acids is 1. The average molecular weight is 173 g/mol. The lowest BCUT2D eigenvalue weighted by Crippen LogP contribution is -2.33. The van der Waals surface area contributed by atoms with Crippen LogP contribution in [0.4, 0.5) is 0 Å². The molecule has 0 saturated carbocycles.